The van der Waals surface area contributed by atoms with E-state index in [-0.39, 0.29) is 0 Å². The molecule has 152 valence electrons. The largest absolute Gasteiger partial charge is 0.293 e. The Balaban J connectivity index is 1.30. The maximum atomic E-state index is 13.0. The van der Waals surface area contributed by atoms with Gasteiger partial charge in [0.15, 0.2) is 0 Å². The number of nitrogens with zero attached hydrogens (tertiary/aromatic N) is 2. The molecule has 1 aliphatic heterocycles. The minimum absolute atomic E-state index is 0.358. The lowest BCUT2D eigenvalue weighted by molar-refractivity contribution is 0.444. The summed E-state index contributed by atoms with van der Waals surface area (Å²) in [5.74, 6) is 1.18. The van der Waals surface area contributed by atoms with Crippen molar-refractivity contribution >= 4 is 21.9 Å². The summed E-state index contributed by atoms with van der Waals surface area (Å²) < 4.78 is 27.6. The third-order valence-electron chi connectivity index (χ3n) is 6.61. The molecular weight excluding hydrogens is 380 g/mol. The van der Waals surface area contributed by atoms with E-state index in [1.165, 1.54) is 37.7 Å². The van der Waals surface area contributed by atoms with Crippen molar-refractivity contribution in [3.05, 3.63) is 59.7 Å². The van der Waals surface area contributed by atoms with E-state index in [1.54, 1.807) is 28.6 Å². The summed E-state index contributed by atoms with van der Waals surface area (Å²) in [4.78, 5) is 5.23. The second-order valence-electron chi connectivity index (χ2n) is 8.63. The smallest absolute Gasteiger partial charge is 0.264 e. The molecule has 5 rings (SSSR count). The minimum Gasteiger partial charge on any atom is -0.293 e. The molecule has 0 N–H and O–H groups in total. The number of hydrogen-bond acceptors (Lipinski definition) is 3. The Hall–Kier alpha value is -2.14. The Bertz CT molecular complexity index is 1010. The Morgan fingerprint density at radius 3 is 2.59 bits per heavy atom. The third-order valence-corrected chi connectivity index (χ3v) is 8.44. The van der Waals surface area contributed by atoms with Crippen molar-refractivity contribution < 1.29 is 8.42 Å². The SMILES string of the molecule is O=S(=O)(c1ccccc1)N1CCc2cc(C3CC3N=CC3CCCCC3)ccc21. The monoisotopic (exact) mass is 408 g/mol. The molecule has 5 heteroatoms. The van der Waals surface area contributed by atoms with E-state index in [0.29, 0.717) is 29.3 Å². The molecule has 2 unspecified atom stereocenters. The summed E-state index contributed by atoms with van der Waals surface area (Å²) in [6, 6.07) is 15.5. The number of sulfonamides is 1. The fourth-order valence-corrected chi connectivity index (χ4v) is 6.34. The second kappa shape index (κ2) is 7.60. The Labute approximate surface area is 173 Å². The van der Waals surface area contributed by atoms with Crippen LogP contribution in [-0.4, -0.2) is 27.2 Å². The molecule has 0 bridgehead atoms. The highest BCUT2D eigenvalue weighted by molar-refractivity contribution is 7.92. The van der Waals surface area contributed by atoms with Crippen LogP contribution < -0.4 is 4.31 Å². The standard InChI is InChI=1S/C24H28N2O2S/c27-29(28,21-9-5-2-6-10-21)26-14-13-20-15-19(11-12-24(20)26)22-16-23(22)25-17-18-7-3-1-4-8-18/h2,5-6,9-12,15,17-18,22-23H,1,3-4,7-8,13-14,16H2. The Morgan fingerprint density at radius 2 is 1.79 bits per heavy atom. The summed E-state index contributed by atoms with van der Waals surface area (Å²) >= 11 is 0. The van der Waals surface area contributed by atoms with Crippen molar-refractivity contribution in [3.63, 3.8) is 0 Å². The zero-order valence-corrected chi connectivity index (χ0v) is 17.5. The summed E-state index contributed by atoms with van der Waals surface area (Å²) in [7, 11) is -3.49. The van der Waals surface area contributed by atoms with Gasteiger partial charge in [-0.25, -0.2) is 8.42 Å². The van der Waals surface area contributed by atoms with Crippen LogP contribution in [0.15, 0.2) is 58.4 Å². The molecule has 1 heterocycles. The van der Waals surface area contributed by atoms with Crippen molar-refractivity contribution in [1.29, 1.82) is 0 Å². The number of hydrogen-bond donors (Lipinski definition) is 0. The van der Waals surface area contributed by atoms with E-state index in [1.807, 2.05) is 12.1 Å². The van der Waals surface area contributed by atoms with Crippen molar-refractivity contribution in [1.82, 2.24) is 0 Å². The van der Waals surface area contributed by atoms with E-state index < -0.39 is 10.0 Å². The molecule has 0 saturated heterocycles. The van der Waals surface area contributed by atoms with Crippen LogP contribution in [0.5, 0.6) is 0 Å². The lowest BCUT2D eigenvalue weighted by atomic mass is 9.90. The first-order chi connectivity index (χ1) is 14.1. The van der Waals surface area contributed by atoms with Gasteiger partial charge in [0.1, 0.15) is 0 Å². The van der Waals surface area contributed by atoms with Gasteiger partial charge in [-0.1, -0.05) is 49.6 Å². The van der Waals surface area contributed by atoms with Crippen LogP contribution in [0.1, 0.15) is 55.6 Å². The fourth-order valence-electron chi connectivity index (χ4n) is 4.81. The molecule has 2 aromatic rings. The summed E-state index contributed by atoms with van der Waals surface area (Å²) in [6.07, 6.45) is 10.8. The quantitative estimate of drug-likeness (QED) is 0.658. The van der Waals surface area contributed by atoms with Crippen LogP contribution in [0, 0.1) is 5.92 Å². The summed E-state index contributed by atoms with van der Waals surface area (Å²) in [5, 5.41) is 0. The molecule has 2 fully saturated rings. The molecule has 2 aliphatic carbocycles. The van der Waals surface area contributed by atoms with Crippen LogP contribution in [0.25, 0.3) is 0 Å². The van der Waals surface area contributed by atoms with Gasteiger partial charge < -0.3 is 0 Å². The predicted octanol–water partition coefficient (Wildman–Crippen LogP) is 4.95. The zero-order valence-electron chi connectivity index (χ0n) is 16.7. The summed E-state index contributed by atoms with van der Waals surface area (Å²) in [5.41, 5.74) is 3.29. The fraction of sp³-hybridized carbons (Fsp3) is 0.458. The first-order valence-corrected chi connectivity index (χ1v) is 12.3. The second-order valence-corrected chi connectivity index (χ2v) is 10.5. The topological polar surface area (TPSA) is 49.7 Å². The van der Waals surface area contributed by atoms with Crippen molar-refractivity contribution in [2.75, 3.05) is 10.8 Å². The number of fused-ring (bicyclic) bond motifs is 1. The van der Waals surface area contributed by atoms with Gasteiger partial charge in [-0.3, -0.25) is 9.30 Å². The molecule has 2 aromatic carbocycles. The maximum Gasteiger partial charge on any atom is 0.264 e. The average Bonchev–Trinajstić information content (AvgIpc) is 3.41. The van der Waals surface area contributed by atoms with Crippen LogP contribution in [0.2, 0.25) is 0 Å². The van der Waals surface area contributed by atoms with Gasteiger partial charge in [0.2, 0.25) is 0 Å². The molecule has 2 atom stereocenters. The van der Waals surface area contributed by atoms with Gasteiger partial charge in [-0.05, 0) is 60.9 Å². The maximum absolute atomic E-state index is 13.0. The Morgan fingerprint density at radius 1 is 1.00 bits per heavy atom. The first-order valence-electron chi connectivity index (χ1n) is 10.9. The lowest BCUT2D eigenvalue weighted by Gasteiger charge is -2.19. The molecule has 0 amide bonds. The third kappa shape index (κ3) is 3.73. The van der Waals surface area contributed by atoms with E-state index in [4.69, 9.17) is 4.99 Å². The number of rotatable bonds is 5. The molecule has 2 saturated carbocycles. The predicted molar refractivity (Wildman–Crippen MR) is 117 cm³/mol. The molecule has 3 aliphatic rings. The van der Waals surface area contributed by atoms with E-state index in [0.717, 1.165) is 24.1 Å². The van der Waals surface area contributed by atoms with Gasteiger partial charge in [-0.2, -0.15) is 0 Å². The van der Waals surface area contributed by atoms with E-state index in [9.17, 15) is 8.42 Å². The van der Waals surface area contributed by atoms with Crippen LogP contribution in [0.4, 0.5) is 5.69 Å². The van der Waals surface area contributed by atoms with Crippen LogP contribution in [-0.2, 0) is 16.4 Å². The average molecular weight is 409 g/mol. The van der Waals surface area contributed by atoms with E-state index >= 15 is 0 Å². The highest BCUT2D eigenvalue weighted by Gasteiger charge is 2.39. The van der Waals surface area contributed by atoms with Gasteiger partial charge in [0.25, 0.3) is 10.0 Å². The van der Waals surface area contributed by atoms with Gasteiger partial charge >= 0.3 is 0 Å². The summed E-state index contributed by atoms with van der Waals surface area (Å²) in [6.45, 7) is 0.518. The Kier molecular flexibility index (Phi) is 4.94. The number of benzene rings is 2. The number of aliphatic imine (C=N–C) groups is 1. The van der Waals surface area contributed by atoms with Crippen molar-refractivity contribution in [2.45, 2.75) is 61.8 Å². The normalized spacial score (nSPS) is 24.8. The first kappa shape index (κ1) is 18.9. The van der Waals surface area contributed by atoms with Crippen molar-refractivity contribution in [3.8, 4) is 0 Å². The highest BCUT2D eigenvalue weighted by Crippen LogP contribution is 2.45. The number of anilines is 1. The van der Waals surface area contributed by atoms with Crippen molar-refractivity contribution in [2.24, 2.45) is 10.9 Å². The molecule has 0 spiro atoms. The van der Waals surface area contributed by atoms with E-state index in [2.05, 4.69) is 18.3 Å². The molecule has 0 aromatic heterocycles. The van der Waals surface area contributed by atoms with Gasteiger partial charge in [0, 0.05) is 18.7 Å². The molecule has 4 nitrogen and oxygen atoms in total. The van der Waals surface area contributed by atoms with Crippen LogP contribution in [0.3, 0.4) is 0 Å². The highest BCUT2D eigenvalue weighted by atomic mass is 32.2. The van der Waals surface area contributed by atoms with Gasteiger partial charge in [-0.15, -0.1) is 0 Å². The van der Waals surface area contributed by atoms with Gasteiger partial charge in [0.05, 0.1) is 16.6 Å². The van der Waals surface area contributed by atoms with Crippen LogP contribution >= 0.6 is 0 Å². The molecule has 29 heavy (non-hydrogen) atoms. The minimum atomic E-state index is -3.49. The zero-order chi connectivity index (χ0) is 19.8. The molecule has 0 radical (unpaired) electrons. The lowest BCUT2D eigenvalue weighted by Crippen LogP contribution is -2.29. The molecular formula is C24H28N2O2S.